The van der Waals surface area contributed by atoms with Crippen LogP contribution in [0.5, 0.6) is 0 Å². The minimum Gasteiger partial charge on any atom is -0.456 e. The van der Waals surface area contributed by atoms with Crippen LogP contribution in [0.2, 0.25) is 0 Å². The molecule has 4 nitrogen and oxygen atoms in total. The molecule has 4 heteroatoms. The highest BCUT2D eigenvalue weighted by Gasteiger charge is 2.27. The molecule has 1 aliphatic carbocycles. The lowest BCUT2D eigenvalue weighted by atomic mass is 9.85. The molecule has 8 aromatic carbocycles. The summed E-state index contributed by atoms with van der Waals surface area (Å²) in [6, 6.07) is 57.4. The zero-order chi connectivity index (χ0) is 33.5. The highest BCUT2D eigenvalue weighted by molar-refractivity contribution is 6.27. The Labute approximate surface area is 293 Å². The van der Waals surface area contributed by atoms with E-state index in [0.29, 0.717) is 17.5 Å². The Morgan fingerprint density at radius 3 is 1.61 bits per heavy atom. The van der Waals surface area contributed by atoms with E-state index >= 15 is 0 Å². The molecule has 236 valence electrons. The van der Waals surface area contributed by atoms with Gasteiger partial charge in [0.1, 0.15) is 11.2 Å². The largest absolute Gasteiger partial charge is 0.456 e. The molecule has 10 aromatic rings. The molecule has 11 rings (SSSR count). The number of para-hydroxylation sites is 1. The first kappa shape index (κ1) is 28.0. The van der Waals surface area contributed by atoms with Gasteiger partial charge in [0.05, 0.1) is 0 Å². The molecule has 0 N–H and O–H groups in total. The van der Waals surface area contributed by atoms with Gasteiger partial charge in [0.2, 0.25) is 0 Å². The van der Waals surface area contributed by atoms with Gasteiger partial charge in [0.25, 0.3) is 0 Å². The molecule has 0 amide bonds. The fraction of sp³-hybridized carbons (Fsp3) is 0. The highest BCUT2D eigenvalue weighted by atomic mass is 16.3. The smallest absolute Gasteiger partial charge is 0.165 e. The first-order valence-electron chi connectivity index (χ1n) is 17.2. The van der Waals surface area contributed by atoms with Crippen LogP contribution in [0.25, 0.3) is 111 Å². The SMILES string of the molecule is c1ccc(-c2nc(-c3c4ccccc4c4c5c(cccc35)-c3ccccc3-c3ccccc3-4)nc(-c3cccc4oc5ccccc5c34)n2)cc1. The first-order valence-corrected chi connectivity index (χ1v) is 17.2. The number of fused-ring (bicyclic) bond motifs is 10. The van der Waals surface area contributed by atoms with E-state index in [2.05, 4.69) is 115 Å². The van der Waals surface area contributed by atoms with Crippen LogP contribution in [0.3, 0.4) is 0 Å². The number of rotatable bonds is 3. The Hall–Kier alpha value is -6.91. The summed E-state index contributed by atoms with van der Waals surface area (Å²) in [5.74, 6) is 1.86. The van der Waals surface area contributed by atoms with Crippen LogP contribution in [0, 0.1) is 0 Å². The van der Waals surface area contributed by atoms with Crippen molar-refractivity contribution in [2.24, 2.45) is 0 Å². The van der Waals surface area contributed by atoms with Crippen LogP contribution >= 0.6 is 0 Å². The van der Waals surface area contributed by atoms with Crippen molar-refractivity contribution in [1.29, 1.82) is 0 Å². The molecule has 0 radical (unpaired) electrons. The van der Waals surface area contributed by atoms with E-state index in [1.54, 1.807) is 0 Å². The molecule has 2 heterocycles. The van der Waals surface area contributed by atoms with E-state index < -0.39 is 0 Å². The van der Waals surface area contributed by atoms with Crippen LogP contribution in [-0.2, 0) is 0 Å². The summed E-state index contributed by atoms with van der Waals surface area (Å²) in [6.45, 7) is 0. The Kier molecular flexibility index (Phi) is 5.92. The van der Waals surface area contributed by atoms with Gasteiger partial charge >= 0.3 is 0 Å². The molecule has 0 bridgehead atoms. The molecule has 0 saturated heterocycles. The molecule has 0 spiro atoms. The second-order valence-corrected chi connectivity index (χ2v) is 13.1. The van der Waals surface area contributed by atoms with Gasteiger partial charge in [-0.3, -0.25) is 0 Å². The van der Waals surface area contributed by atoms with Crippen molar-refractivity contribution in [3.8, 4) is 67.5 Å². The average molecular weight is 650 g/mol. The lowest BCUT2D eigenvalue weighted by molar-refractivity contribution is 0.669. The molecule has 0 atom stereocenters. The van der Waals surface area contributed by atoms with Crippen LogP contribution in [0.1, 0.15) is 0 Å². The monoisotopic (exact) mass is 649 g/mol. The molecular weight excluding hydrogens is 623 g/mol. The summed E-state index contributed by atoms with van der Waals surface area (Å²) >= 11 is 0. The summed E-state index contributed by atoms with van der Waals surface area (Å²) in [7, 11) is 0. The molecule has 2 aromatic heterocycles. The van der Waals surface area contributed by atoms with E-state index in [9.17, 15) is 0 Å². The quantitative estimate of drug-likeness (QED) is 0.179. The standard InChI is InChI=1S/C47H27N3O/c1-2-14-28(15-3-1)45-48-46(38-25-13-27-40-41(38)36-22-10-11-26-39(36)51-40)50-47(49-45)44-35-21-9-8-20-34(35)42-32-19-7-6-18-30(32)29-16-4-5-17-31(29)33-23-12-24-37(44)43(33)42/h1-27H. The molecule has 0 unspecified atom stereocenters. The van der Waals surface area contributed by atoms with Crippen LogP contribution in [-0.4, -0.2) is 15.0 Å². The normalized spacial score (nSPS) is 11.9. The maximum absolute atomic E-state index is 6.30. The zero-order valence-electron chi connectivity index (χ0n) is 27.3. The van der Waals surface area contributed by atoms with Gasteiger partial charge < -0.3 is 4.42 Å². The molecule has 51 heavy (non-hydrogen) atoms. The molecule has 0 saturated carbocycles. The Bertz CT molecular complexity index is 3030. The number of hydrogen-bond donors (Lipinski definition) is 0. The minimum absolute atomic E-state index is 0.605. The van der Waals surface area contributed by atoms with Gasteiger partial charge in [-0.2, -0.15) is 0 Å². The Morgan fingerprint density at radius 1 is 0.294 bits per heavy atom. The number of nitrogens with zero attached hydrogens (tertiary/aromatic N) is 3. The molecular formula is C47H27N3O. The summed E-state index contributed by atoms with van der Waals surface area (Å²) < 4.78 is 6.30. The topological polar surface area (TPSA) is 51.8 Å². The third-order valence-corrected chi connectivity index (χ3v) is 10.3. The van der Waals surface area contributed by atoms with Gasteiger partial charge in [0, 0.05) is 27.5 Å². The van der Waals surface area contributed by atoms with Crippen molar-refractivity contribution >= 4 is 43.5 Å². The summed E-state index contributed by atoms with van der Waals surface area (Å²) in [6.07, 6.45) is 0. The summed E-state index contributed by atoms with van der Waals surface area (Å²) in [5, 5.41) is 6.60. The molecule has 0 aliphatic heterocycles. The van der Waals surface area contributed by atoms with Crippen LogP contribution < -0.4 is 0 Å². The lowest BCUT2D eigenvalue weighted by Crippen LogP contribution is -2.02. The van der Waals surface area contributed by atoms with Crippen molar-refractivity contribution in [3.63, 3.8) is 0 Å². The Morgan fingerprint density at radius 2 is 0.804 bits per heavy atom. The van der Waals surface area contributed by atoms with Gasteiger partial charge in [-0.15, -0.1) is 0 Å². The van der Waals surface area contributed by atoms with Crippen molar-refractivity contribution in [2.75, 3.05) is 0 Å². The average Bonchev–Trinajstić information content (AvgIpc) is 3.53. The van der Waals surface area contributed by atoms with Crippen molar-refractivity contribution in [1.82, 2.24) is 15.0 Å². The zero-order valence-corrected chi connectivity index (χ0v) is 27.3. The van der Waals surface area contributed by atoms with E-state index in [1.807, 2.05) is 48.5 Å². The van der Waals surface area contributed by atoms with Gasteiger partial charge in [0.15, 0.2) is 17.5 Å². The molecule has 1 aliphatic rings. The summed E-state index contributed by atoms with van der Waals surface area (Å²) in [4.78, 5) is 15.9. The second kappa shape index (κ2) is 10.8. The van der Waals surface area contributed by atoms with Gasteiger partial charge in [-0.1, -0.05) is 152 Å². The predicted molar refractivity (Wildman–Crippen MR) is 208 cm³/mol. The van der Waals surface area contributed by atoms with E-state index in [4.69, 9.17) is 19.4 Å². The van der Waals surface area contributed by atoms with Gasteiger partial charge in [-0.25, -0.2) is 15.0 Å². The maximum atomic E-state index is 6.30. The van der Waals surface area contributed by atoms with E-state index in [-0.39, 0.29) is 0 Å². The third-order valence-electron chi connectivity index (χ3n) is 10.3. The van der Waals surface area contributed by atoms with Crippen LogP contribution in [0.15, 0.2) is 168 Å². The molecule has 0 fully saturated rings. The van der Waals surface area contributed by atoms with E-state index in [0.717, 1.165) is 49.4 Å². The number of hydrogen-bond acceptors (Lipinski definition) is 4. The van der Waals surface area contributed by atoms with Crippen LogP contribution in [0.4, 0.5) is 0 Å². The van der Waals surface area contributed by atoms with Crippen molar-refractivity contribution in [3.05, 3.63) is 164 Å². The fourth-order valence-electron chi connectivity index (χ4n) is 8.15. The third kappa shape index (κ3) is 4.11. The minimum atomic E-state index is 0.605. The highest BCUT2D eigenvalue weighted by Crippen LogP contribution is 2.52. The second-order valence-electron chi connectivity index (χ2n) is 13.1. The maximum Gasteiger partial charge on any atom is 0.165 e. The van der Waals surface area contributed by atoms with Gasteiger partial charge in [-0.05, 0) is 67.1 Å². The summed E-state index contributed by atoms with van der Waals surface area (Å²) in [5.41, 5.74) is 11.8. The Balaban J connectivity index is 1.30. The number of furan rings is 1. The van der Waals surface area contributed by atoms with E-state index in [1.165, 1.54) is 44.2 Å². The predicted octanol–water partition coefficient (Wildman–Crippen LogP) is 12.4. The fourth-order valence-corrected chi connectivity index (χ4v) is 8.15. The van der Waals surface area contributed by atoms with Crippen molar-refractivity contribution < 1.29 is 4.42 Å². The lowest BCUT2D eigenvalue weighted by Gasteiger charge is -2.19. The first-order chi connectivity index (χ1) is 25.3. The van der Waals surface area contributed by atoms with Crippen molar-refractivity contribution in [2.45, 2.75) is 0 Å². The number of aromatic nitrogens is 3. The number of benzene rings is 8.